The minimum atomic E-state index is -4.67. The van der Waals surface area contributed by atoms with E-state index in [1.807, 2.05) is 0 Å². The number of para-hydroxylation sites is 1. The van der Waals surface area contributed by atoms with Crippen molar-refractivity contribution in [3.8, 4) is 0 Å². The molecule has 0 heterocycles. The first-order valence-electron chi connectivity index (χ1n) is 8.91. The van der Waals surface area contributed by atoms with Gasteiger partial charge in [0.2, 0.25) is 0 Å². The van der Waals surface area contributed by atoms with Gasteiger partial charge in [-0.2, -0.15) is 13.2 Å². The lowest BCUT2D eigenvalue weighted by molar-refractivity contribution is -0.138. The van der Waals surface area contributed by atoms with Crippen LogP contribution in [0.1, 0.15) is 5.56 Å². The number of aliphatic carboxylic acids is 1. The Hall–Kier alpha value is -3.53. The van der Waals surface area contributed by atoms with Crippen LogP contribution in [0.4, 0.5) is 30.2 Å². The Kier molecular flexibility index (Phi) is 6.21. The second kappa shape index (κ2) is 8.68. The lowest BCUT2D eigenvalue weighted by Gasteiger charge is -2.23. The number of anilines is 3. The molecule has 0 spiro atoms. The Balaban J connectivity index is 1.85. The number of hydrogen-bond donors (Lipinski definition) is 2. The molecule has 3 rings (SSSR count). The third kappa shape index (κ3) is 5.54. The van der Waals surface area contributed by atoms with E-state index in [1.54, 1.807) is 30.3 Å². The average Bonchev–Trinajstić information content (AvgIpc) is 2.72. The number of benzene rings is 3. The Morgan fingerprint density at radius 1 is 0.903 bits per heavy atom. The van der Waals surface area contributed by atoms with Crippen molar-refractivity contribution in [1.29, 1.82) is 0 Å². The van der Waals surface area contributed by atoms with E-state index in [-0.39, 0.29) is 12.2 Å². The van der Waals surface area contributed by atoms with Gasteiger partial charge < -0.3 is 10.0 Å². The van der Waals surface area contributed by atoms with Crippen LogP contribution in [0.3, 0.4) is 0 Å². The molecule has 0 radical (unpaired) electrons. The zero-order valence-corrected chi connectivity index (χ0v) is 16.7. The monoisotopic (exact) mass is 450 g/mol. The summed E-state index contributed by atoms with van der Waals surface area (Å²) >= 11 is 0. The number of halogens is 3. The van der Waals surface area contributed by atoms with Crippen molar-refractivity contribution in [3.05, 3.63) is 84.4 Å². The van der Waals surface area contributed by atoms with E-state index in [2.05, 4.69) is 4.72 Å². The van der Waals surface area contributed by atoms with Gasteiger partial charge in [0.05, 0.1) is 10.5 Å². The maximum atomic E-state index is 12.9. The van der Waals surface area contributed by atoms with Crippen molar-refractivity contribution in [2.24, 2.45) is 0 Å². The number of carbonyl (C=O) groups is 1. The molecule has 3 aromatic rings. The molecule has 0 aliphatic heterocycles. The molecule has 0 saturated carbocycles. The second-order valence-corrected chi connectivity index (χ2v) is 8.18. The van der Waals surface area contributed by atoms with Crippen LogP contribution in [0, 0.1) is 0 Å². The molecule has 162 valence electrons. The molecule has 31 heavy (non-hydrogen) atoms. The Morgan fingerprint density at radius 3 is 2.10 bits per heavy atom. The largest absolute Gasteiger partial charge is 0.480 e. The highest BCUT2D eigenvalue weighted by Gasteiger charge is 2.31. The van der Waals surface area contributed by atoms with E-state index in [4.69, 9.17) is 0 Å². The van der Waals surface area contributed by atoms with Gasteiger partial charge in [-0.25, -0.2) is 8.42 Å². The van der Waals surface area contributed by atoms with Crippen molar-refractivity contribution in [2.45, 2.75) is 11.1 Å². The SMILES string of the molecule is O=C(O)CN(c1ccccc1)c1ccc(NS(=O)(=O)c2cccc(C(F)(F)F)c2)cc1. The molecule has 0 bridgehead atoms. The van der Waals surface area contributed by atoms with Gasteiger partial charge in [-0.15, -0.1) is 0 Å². The summed E-state index contributed by atoms with van der Waals surface area (Å²) in [5.41, 5.74) is 0.167. The van der Waals surface area contributed by atoms with Gasteiger partial charge in [0.15, 0.2) is 0 Å². The smallest absolute Gasteiger partial charge is 0.416 e. The van der Waals surface area contributed by atoms with Crippen LogP contribution in [0.15, 0.2) is 83.8 Å². The average molecular weight is 450 g/mol. The van der Waals surface area contributed by atoms with Gasteiger partial charge in [-0.3, -0.25) is 9.52 Å². The number of nitrogens with zero attached hydrogens (tertiary/aromatic N) is 1. The summed E-state index contributed by atoms with van der Waals surface area (Å²) in [5, 5.41) is 9.21. The molecule has 2 N–H and O–H groups in total. The first-order valence-corrected chi connectivity index (χ1v) is 10.4. The molecule has 0 amide bonds. The molecule has 0 unspecified atom stereocenters. The summed E-state index contributed by atoms with van der Waals surface area (Å²) in [6, 6.07) is 18.0. The summed E-state index contributed by atoms with van der Waals surface area (Å²) in [6.45, 7) is -0.320. The van der Waals surface area contributed by atoms with E-state index in [9.17, 15) is 31.5 Å². The summed E-state index contributed by atoms with van der Waals surface area (Å²) in [6.07, 6.45) is -4.67. The highest BCUT2D eigenvalue weighted by Crippen LogP contribution is 2.31. The van der Waals surface area contributed by atoms with Crippen molar-refractivity contribution >= 4 is 33.1 Å². The predicted octanol–water partition coefficient (Wildman–Crippen LogP) is 4.73. The van der Waals surface area contributed by atoms with Crippen LogP contribution in [-0.2, 0) is 21.0 Å². The molecule has 3 aromatic carbocycles. The second-order valence-electron chi connectivity index (χ2n) is 6.49. The lowest BCUT2D eigenvalue weighted by Crippen LogP contribution is -2.24. The molecular formula is C21H17F3N2O4S. The quantitative estimate of drug-likeness (QED) is 0.544. The maximum Gasteiger partial charge on any atom is 0.416 e. The van der Waals surface area contributed by atoms with Crippen molar-refractivity contribution in [3.63, 3.8) is 0 Å². The van der Waals surface area contributed by atoms with Crippen molar-refractivity contribution in [2.75, 3.05) is 16.2 Å². The van der Waals surface area contributed by atoms with E-state index in [0.29, 0.717) is 17.4 Å². The third-order valence-corrected chi connectivity index (χ3v) is 5.64. The summed E-state index contributed by atoms with van der Waals surface area (Å²) in [4.78, 5) is 12.2. The first kappa shape index (κ1) is 22.2. The molecule has 0 saturated heterocycles. The zero-order chi connectivity index (χ0) is 22.6. The van der Waals surface area contributed by atoms with E-state index < -0.39 is 32.6 Å². The molecule has 10 heteroatoms. The Labute approximate surface area is 176 Å². The van der Waals surface area contributed by atoms with Crippen LogP contribution in [0.5, 0.6) is 0 Å². The third-order valence-electron chi connectivity index (χ3n) is 4.26. The molecule has 0 aliphatic rings. The summed E-state index contributed by atoms with van der Waals surface area (Å²) in [7, 11) is -4.26. The number of sulfonamides is 1. The fourth-order valence-electron chi connectivity index (χ4n) is 2.84. The molecule has 0 atom stereocenters. The van der Waals surface area contributed by atoms with Crippen LogP contribution in [0.25, 0.3) is 0 Å². The summed E-state index contributed by atoms with van der Waals surface area (Å²) in [5.74, 6) is -1.06. The minimum Gasteiger partial charge on any atom is -0.480 e. The molecule has 0 aromatic heterocycles. The fourth-order valence-corrected chi connectivity index (χ4v) is 3.94. The zero-order valence-electron chi connectivity index (χ0n) is 15.9. The molecule has 0 aliphatic carbocycles. The van der Waals surface area contributed by atoms with Crippen LogP contribution < -0.4 is 9.62 Å². The Morgan fingerprint density at radius 2 is 1.52 bits per heavy atom. The topological polar surface area (TPSA) is 86.7 Å². The number of carboxylic acids is 1. The lowest BCUT2D eigenvalue weighted by atomic mass is 10.2. The minimum absolute atomic E-state index is 0.115. The first-order chi connectivity index (χ1) is 14.6. The van der Waals surface area contributed by atoms with Crippen molar-refractivity contribution < 1.29 is 31.5 Å². The number of rotatable bonds is 7. The molecule has 6 nitrogen and oxygen atoms in total. The van der Waals surface area contributed by atoms with Gasteiger partial charge in [-0.1, -0.05) is 24.3 Å². The number of alkyl halides is 3. The number of nitrogens with one attached hydrogen (secondary N) is 1. The van der Waals surface area contributed by atoms with Crippen LogP contribution in [-0.4, -0.2) is 26.0 Å². The predicted molar refractivity (Wildman–Crippen MR) is 110 cm³/mol. The maximum absolute atomic E-state index is 12.9. The normalized spacial score (nSPS) is 11.7. The highest BCUT2D eigenvalue weighted by molar-refractivity contribution is 7.92. The van der Waals surface area contributed by atoms with Gasteiger partial charge in [-0.05, 0) is 54.6 Å². The van der Waals surface area contributed by atoms with Gasteiger partial charge in [0.1, 0.15) is 6.54 Å². The van der Waals surface area contributed by atoms with Crippen molar-refractivity contribution in [1.82, 2.24) is 0 Å². The number of hydrogen-bond acceptors (Lipinski definition) is 4. The Bertz CT molecular complexity index is 1170. The van der Waals surface area contributed by atoms with Gasteiger partial charge in [0.25, 0.3) is 10.0 Å². The van der Waals surface area contributed by atoms with Crippen LogP contribution >= 0.6 is 0 Å². The van der Waals surface area contributed by atoms with Gasteiger partial charge >= 0.3 is 12.1 Å². The summed E-state index contributed by atoms with van der Waals surface area (Å²) < 4.78 is 65.8. The van der Waals surface area contributed by atoms with E-state index >= 15 is 0 Å². The van der Waals surface area contributed by atoms with E-state index in [1.165, 1.54) is 29.2 Å². The highest BCUT2D eigenvalue weighted by atomic mass is 32.2. The van der Waals surface area contributed by atoms with E-state index in [0.717, 1.165) is 18.2 Å². The number of carboxylic acid groups (broad SMARTS) is 1. The molecule has 0 fully saturated rings. The molecular weight excluding hydrogens is 433 g/mol. The standard InChI is InChI=1S/C21H17F3N2O4S/c22-21(23,24)15-5-4-8-19(13-15)31(29,30)25-16-9-11-18(12-10-16)26(14-20(27)28)17-6-2-1-3-7-17/h1-13,25H,14H2,(H,27,28). The fraction of sp³-hybridized carbons (Fsp3) is 0.0952. The van der Waals surface area contributed by atoms with Crippen LogP contribution in [0.2, 0.25) is 0 Å². The van der Waals surface area contributed by atoms with Gasteiger partial charge in [0, 0.05) is 17.1 Å².